The van der Waals surface area contributed by atoms with Crippen molar-refractivity contribution in [2.24, 2.45) is 0 Å². The zero-order valence-electron chi connectivity index (χ0n) is 14.4. The molecule has 0 saturated carbocycles. The van der Waals surface area contributed by atoms with Crippen LogP contribution in [0.4, 0.5) is 5.69 Å². The summed E-state index contributed by atoms with van der Waals surface area (Å²) < 4.78 is 11.6. The Labute approximate surface area is 172 Å². The topological polar surface area (TPSA) is 89.1 Å². The molecule has 1 amide bonds. The first kappa shape index (κ1) is 17.3. The summed E-state index contributed by atoms with van der Waals surface area (Å²) in [6.07, 6.45) is 1.52. The minimum Gasteiger partial charge on any atom is -0.454 e. The average molecular weight is 457 g/mol. The standard InChI is InChI=1S/C19H13BrN4O3S/c20-10-1-3-13-12(5-10)17-18(24-13)19(22-8-21-17)28-7-16(25)23-11-2-4-14-15(6-11)27-9-26-14/h1-6,8,24H,7,9H2,(H,23,25). The molecule has 0 spiro atoms. The van der Waals surface area contributed by atoms with Crippen molar-refractivity contribution in [2.75, 3.05) is 17.9 Å². The molecular formula is C19H13BrN4O3S. The smallest absolute Gasteiger partial charge is 0.234 e. The number of anilines is 1. The fraction of sp³-hybridized carbons (Fsp3) is 0.105. The van der Waals surface area contributed by atoms with Crippen molar-refractivity contribution in [3.8, 4) is 11.5 Å². The van der Waals surface area contributed by atoms with E-state index in [9.17, 15) is 4.79 Å². The van der Waals surface area contributed by atoms with E-state index in [-0.39, 0.29) is 18.5 Å². The lowest BCUT2D eigenvalue weighted by Gasteiger charge is -2.06. The summed E-state index contributed by atoms with van der Waals surface area (Å²) in [5.41, 5.74) is 3.31. The summed E-state index contributed by atoms with van der Waals surface area (Å²) in [6.45, 7) is 0.202. The first-order valence-electron chi connectivity index (χ1n) is 8.41. The van der Waals surface area contributed by atoms with Crippen molar-refractivity contribution < 1.29 is 14.3 Å². The number of nitrogens with zero attached hydrogens (tertiary/aromatic N) is 2. The Morgan fingerprint density at radius 2 is 2.07 bits per heavy atom. The number of ether oxygens (including phenoxy) is 2. The summed E-state index contributed by atoms with van der Waals surface area (Å²) in [6, 6.07) is 11.3. The molecule has 9 heteroatoms. The van der Waals surface area contributed by atoms with Gasteiger partial charge in [-0.05, 0) is 30.3 Å². The Hall–Kier alpha value is -2.78. The first-order valence-corrected chi connectivity index (χ1v) is 10.2. The number of carbonyl (C=O) groups excluding carboxylic acids is 1. The molecule has 2 aromatic heterocycles. The highest BCUT2D eigenvalue weighted by Crippen LogP contribution is 2.34. The molecule has 5 rings (SSSR count). The second-order valence-electron chi connectivity index (χ2n) is 6.12. The van der Waals surface area contributed by atoms with Gasteiger partial charge in [0.25, 0.3) is 0 Å². The molecule has 0 unspecified atom stereocenters. The molecule has 0 saturated heterocycles. The molecule has 2 N–H and O–H groups in total. The van der Waals surface area contributed by atoms with Crippen LogP contribution < -0.4 is 14.8 Å². The monoisotopic (exact) mass is 456 g/mol. The maximum Gasteiger partial charge on any atom is 0.234 e. The number of aromatic nitrogens is 3. The molecule has 4 aromatic rings. The molecule has 0 aliphatic carbocycles. The Bertz CT molecular complexity index is 1230. The van der Waals surface area contributed by atoms with E-state index in [2.05, 4.69) is 36.2 Å². The average Bonchev–Trinajstić information content (AvgIpc) is 3.30. The van der Waals surface area contributed by atoms with E-state index in [1.165, 1.54) is 18.1 Å². The van der Waals surface area contributed by atoms with Gasteiger partial charge in [0.1, 0.15) is 16.9 Å². The molecule has 0 bridgehead atoms. The van der Waals surface area contributed by atoms with Crippen molar-refractivity contribution in [2.45, 2.75) is 5.03 Å². The summed E-state index contributed by atoms with van der Waals surface area (Å²) in [7, 11) is 0. The van der Waals surface area contributed by atoms with Gasteiger partial charge in [0.2, 0.25) is 12.7 Å². The second kappa shape index (κ2) is 6.99. The van der Waals surface area contributed by atoms with E-state index < -0.39 is 0 Å². The predicted octanol–water partition coefficient (Wildman–Crippen LogP) is 4.33. The second-order valence-corrected chi connectivity index (χ2v) is 8.00. The molecule has 0 radical (unpaired) electrons. The molecule has 1 aliphatic heterocycles. The van der Waals surface area contributed by atoms with Crippen molar-refractivity contribution in [1.29, 1.82) is 0 Å². The lowest BCUT2D eigenvalue weighted by Crippen LogP contribution is -2.14. The molecule has 1 aliphatic rings. The van der Waals surface area contributed by atoms with Gasteiger partial charge in [0.15, 0.2) is 11.5 Å². The van der Waals surface area contributed by atoms with E-state index in [1.807, 2.05) is 18.2 Å². The Balaban J connectivity index is 1.34. The van der Waals surface area contributed by atoms with Crippen molar-refractivity contribution in [3.63, 3.8) is 0 Å². The Morgan fingerprint density at radius 1 is 1.18 bits per heavy atom. The largest absolute Gasteiger partial charge is 0.454 e. The summed E-state index contributed by atoms with van der Waals surface area (Å²) in [4.78, 5) is 24.5. The van der Waals surface area contributed by atoms with Gasteiger partial charge in [-0.2, -0.15) is 0 Å². The van der Waals surface area contributed by atoms with Gasteiger partial charge in [-0.15, -0.1) is 0 Å². The predicted molar refractivity (Wildman–Crippen MR) is 111 cm³/mol. The van der Waals surface area contributed by atoms with E-state index in [4.69, 9.17) is 9.47 Å². The third kappa shape index (κ3) is 3.16. The molecule has 28 heavy (non-hydrogen) atoms. The van der Waals surface area contributed by atoms with Crippen LogP contribution in [0.3, 0.4) is 0 Å². The van der Waals surface area contributed by atoms with Crippen LogP contribution in [-0.4, -0.2) is 33.4 Å². The third-order valence-electron chi connectivity index (χ3n) is 4.31. The van der Waals surface area contributed by atoms with Crippen LogP contribution in [-0.2, 0) is 4.79 Å². The van der Waals surface area contributed by atoms with Gasteiger partial charge in [-0.1, -0.05) is 27.7 Å². The number of hydrogen-bond acceptors (Lipinski definition) is 6. The van der Waals surface area contributed by atoms with Crippen molar-refractivity contribution in [1.82, 2.24) is 15.0 Å². The van der Waals surface area contributed by atoms with Crippen LogP contribution in [0.25, 0.3) is 21.9 Å². The summed E-state index contributed by atoms with van der Waals surface area (Å²) >= 11 is 4.85. The highest BCUT2D eigenvalue weighted by molar-refractivity contribution is 9.10. The van der Waals surface area contributed by atoms with Crippen LogP contribution in [0.1, 0.15) is 0 Å². The van der Waals surface area contributed by atoms with Gasteiger partial charge in [0, 0.05) is 27.1 Å². The third-order valence-corrected chi connectivity index (χ3v) is 5.79. The van der Waals surface area contributed by atoms with Crippen LogP contribution in [0.2, 0.25) is 0 Å². The van der Waals surface area contributed by atoms with Gasteiger partial charge in [-0.25, -0.2) is 9.97 Å². The number of thioether (sulfide) groups is 1. The Kier molecular flexibility index (Phi) is 4.33. The maximum atomic E-state index is 12.4. The highest BCUT2D eigenvalue weighted by Gasteiger charge is 2.15. The minimum atomic E-state index is -0.130. The van der Waals surface area contributed by atoms with Crippen LogP contribution in [0, 0.1) is 0 Å². The lowest BCUT2D eigenvalue weighted by atomic mass is 10.2. The molecule has 0 fully saturated rings. The number of hydrogen-bond donors (Lipinski definition) is 2. The van der Waals surface area contributed by atoms with Crippen molar-refractivity contribution >= 4 is 61.2 Å². The number of benzene rings is 2. The van der Waals surface area contributed by atoms with E-state index in [1.54, 1.807) is 18.2 Å². The molecule has 3 heterocycles. The van der Waals surface area contributed by atoms with E-state index >= 15 is 0 Å². The van der Waals surface area contributed by atoms with Crippen LogP contribution >= 0.6 is 27.7 Å². The highest BCUT2D eigenvalue weighted by atomic mass is 79.9. The summed E-state index contributed by atoms with van der Waals surface area (Å²) in [5.74, 6) is 1.41. The maximum absolute atomic E-state index is 12.4. The zero-order valence-corrected chi connectivity index (χ0v) is 16.8. The van der Waals surface area contributed by atoms with E-state index in [0.29, 0.717) is 17.2 Å². The molecule has 2 aromatic carbocycles. The number of aromatic amines is 1. The quantitative estimate of drug-likeness (QED) is 0.350. The molecular weight excluding hydrogens is 444 g/mol. The Morgan fingerprint density at radius 3 is 3.00 bits per heavy atom. The van der Waals surface area contributed by atoms with Gasteiger partial charge in [-0.3, -0.25) is 4.79 Å². The van der Waals surface area contributed by atoms with Gasteiger partial charge >= 0.3 is 0 Å². The fourth-order valence-electron chi connectivity index (χ4n) is 3.06. The normalized spacial score (nSPS) is 12.6. The first-order chi connectivity index (χ1) is 13.7. The number of carbonyl (C=O) groups is 1. The number of amides is 1. The number of nitrogens with one attached hydrogen (secondary N) is 2. The molecule has 0 atom stereocenters. The molecule has 7 nitrogen and oxygen atoms in total. The van der Waals surface area contributed by atoms with Crippen LogP contribution in [0.5, 0.6) is 11.5 Å². The lowest BCUT2D eigenvalue weighted by molar-refractivity contribution is -0.113. The number of fused-ring (bicyclic) bond motifs is 4. The summed E-state index contributed by atoms with van der Waals surface area (Å²) in [5, 5.41) is 4.62. The molecule has 140 valence electrons. The van der Waals surface area contributed by atoms with Crippen LogP contribution in [0.15, 0.2) is 52.2 Å². The van der Waals surface area contributed by atoms with Crippen molar-refractivity contribution in [3.05, 3.63) is 47.2 Å². The minimum absolute atomic E-state index is 0.130. The van der Waals surface area contributed by atoms with E-state index in [0.717, 1.165) is 31.4 Å². The SMILES string of the molecule is O=C(CSc1ncnc2c1[nH]c1ccc(Br)cc12)Nc1ccc2c(c1)OCO2. The van der Waals surface area contributed by atoms with Gasteiger partial charge in [0.05, 0.1) is 11.3 Å². The fourth-order valence-corrected chi connectivity index (χ4v) is 4.17. The number of halogens is 1. The number of rotatable bonds is 4. The van der Waals surface area contributed by atoms with Gasteiger partial charge < -0.3 is 19.8 Å². The zero-order chi connectivity index (χ0) is 19.1. The number of H-pyrrole nitrogens is 1.